The van der Waals surface area contributed by atoms with Gasteiger partial charge >= 0.3 is 8.80 Å². The van der Waals surface area contributed by atoms with E-state index in [1.165, 1.54) is 0 Å². The lowest BCUT2D eigenvalue weighted by Crippen LogP contribution is -2.46. The molecule has 0 spiro atoms. The molecule has 1 aromatic rings. The largest absolute Gasteiger partial charge is 0.501 e. The molecule has 7 heteroatoms. The quantitative estimate of drug-likeness (QED) is 0.338. The molecule has 0 saturated carbocycles. The Balaban J connectivity index is 1.88. The predicted molar refractivity (Wildman–Crippen MR) is 111 cm³/mol. The molecule has 1 atom stereocenters. The molecule has 1 aliphatic rings. The van der Waals surface area contributed by atoms with Crippen LogP contribution in [0.4, 0.5) is 0 Å². The molecule has 0 fully saturated rings. The van der Waals surface area contributed by atoms with Crippen LogP contribution in [0.15, 0.2) is 18.2 Å². The van der Waals surface area contributed by atoms with Crippen LogP contribution in [0, 0.1) is 0 Å². The van der Waals surface area contributed by atoms with Gasteiger partial charge in [0.2, 0.25) is 5.79 Å². The molecule has 1 aromatic carbocycles. The highest BCUT2D eigenvalue weighted by Gasteiger charge is 2.39. The summed E-state index contributed by atoms with van der Waals surface area (Å²) in [6.07, 6.45) is 2.70. The van der Waals surface area contributed by atoms with Crippen molar-refractivity contribution in [3.05, 3.63) is 23.8 Å². The molecule has 1 unspecified atom stereocenters. The lowest BCUT2D eigenvalue weighted by atomic mass is 10.1. The summed E-state index contributed by atoms with van der Waals surface area (Å²) in [5.41, 5.74) is 1.02. The van der Waals surface area contributed by atoms with Gasteiger partial charge in [0.25, 0.3) is 0 Å². The smallest absolute Gasteiger partial charge is 0.494 e. The summed E-state index contributed by atoms with van der Waals surface area (Å²) in [4.78, 5) is 0. The van der Waals surface area contributed by atoms with Crippen LogP contribution >= 0.6 is 0 Å². The molecule has 1 aliphatic heterocycles. The first kappa shape index (κ1) is 23.2. The molecule has 0 saturated heterocycles. The van der Waals surface area contributed by atoms with Gasteiger partial charge in [-0.15, -0.1) is 0 Å². The first-order valence-corrected chi connectivity index (χ1v) is 12.4. The molecule has 0 aromatic heterocycles. The SMILES string of the molecule is CCCC1(C)OCc2cc(OCCC[Si](OCC)(OCC)OCC)ccc2O1. The Morgan fingerprint density at radius 2 is 1.71 bits per heavy atom. The van der Waals surface area contributed by atoms with Crippen LogP contribution in [0.1, 0.15) is 59.4 Å². The molecule has 1 heterocycles. The number of rotatable bonds is 13. The summed E-state index contributed by atoms with van der Waals surface area (Å²) in [5, 5.41) is 0. The molecular formula is C21H36O6Si. The third-order valence-corrected chi connectivity index (χ3v) is 7.74. The second-order valence-corrected chi connectivity index (χ2v) is 9.71. The molecule has 0 radical (unpaired) electrons. The molecule has 160 valence electrons. The van der Waals surface area contributed by atoms with Gasteiger partial charge in [-0.3, -0.25) is 0 Å². The normalized spacial score (nSPS) is 19.2. The number of fused-ring (bicyclic) bond motifs is 1. The Morgan fingerprint density at radius 3 is 2.32 bits per heavy atom. The van der Waals surface area contributed by atoms with Crippen molar-refractivity contribution < 1.29 is 27.5 Å². The number of hydrogen-bond acceptors (Lipinski definition) is 6. The van der Waals surface area contributed by atoms with Crippen LogP contribution in [0.5, 0.6) is 11.5 Å². The Labute approximate surface area is 170 Å². The van der Waals surface area contributed by atoms with Crippen molar-refractivity contribution in [2.45, 2.75) is 72.3 Å². The molecule has 0 aliphatic carbocycles. The minimum Gasteiger partial charge on any atom is -0.494 e. The van der Waals surface area contributed by atoms with Crippen LogP contribution in [-0.4, -0.2) is 41.0 Å². The van der Waals surface area contributed by atoms with Gasteiger partial charge in [0, 0.05) is 44.8 Å². The van der Waals surface area contributed by atoms with Gasteiger partial charge in [-0.1, -0.05) is 6.92 Å². The first-order chi connectivity index (χ1) is 13.5. The summed E-state index contributed by atoms with van der Waals surface area (Å²) in [5.74, 6) is 1.17. The second-order valence-electron chi connectivity index (χ2n) is 6.98. The van der Waals surface area contributed by atoms with E-state index < -0.39 is 14.6 Å². The molecule has 6 nitrogen and oxygen atoms in total. The average Bonchev–Trinajstić information content (AvgIpc) is 2.66. The van der Waals surface area contributed by atoms with E-state index in [1.54, 1.807) is 0 Å². The van der Waals surface area contributed by atoms with E-state index in [-0.39, 0.29) is 0 Å². The van der Waals surface area contributed by atoms with E-state index in [0.717, 1.165) is 42.4 Å². The van der Waals surface area contributed by atoms with Crippen molar-refractivity contribution in [2.24, 2.45) is 0 Å². The first-order valence-electron chi connectivity index (χ1n) is 10.5. The number of benzene rings is 1. The fraction of sp³-hybridized carbons (Fsp3) is 0.714. The third kappa shape index (κ3) is 6.45. The van der Waals surface area contributed by atoms with E-state index in [2.05, 4.69) is 6.92 Å². The predicted octanol–water partition coefficient (Wildman–Crippen LogP) is 4.93. The number of ether oxygens (including phenoxy) is 3. The van der Waals surface area contributed by atoms with Gasteiger partial charge in [-0.05, 0) is 51.8 Å². The van der Waals surface area contributed by atoms with Gasteiger partial charge in [0.05, 0.1) is 13.2 Å². The topological polar surface area (TPSA) is 55.4 Å². The fourth-order valence-corrected chi connectivity index (χ4v) is 5.99. The molecule has 0 N–H and O–H groups in total. The van der Waals surface area contributed by atoms with Crippen molar-refractivity contribution in [2.75, 3.05) is 26.4 Å². The van der Waals surface area contributed by atoms with Gasteiger partial charge in [0.1, 0.15) is 11.5 Å². The van der Waals surface area contributed by atoms with E-state index in [4.69, 9.17) is 27.5 Å². The lowest BCUT2D eigenvalue weighted by molar-refractivity contribution is -0.197. The Hall–Kier alpha value is -1.12. The summed E-state index contributed by atoms with van der Waals surface area (Å²) in [7, 11) is -2.60. The standard InChI is InChI=1S/C21H36O6Si/c1-6-13-21(5)23-17-18-16-19(11-12-20(18)27-21)22-14-10-15-28(24-7-2,25-8-3)26-9-4/h11-12,16H,6-10,13-15,17H2,1-5H3. The van der Waals surface area contributed by atoms with E-state index >= 15 is 0 Å². The van der Waals surface area contributed by atoms with Crippen LogP contribution in [-0.2, 0) is 24.6 Å². The minimum atomic E-state index is -2.60. The molecule has 0 amide bonds. The van der Waals surface area contributed by atoms with Crippen molar-refractivity contribution in [3.63, 3.8) is 0 Å². The molecule has 0 bridgehead atoms. The highest BCUT2D eigenvalue weighted by molar-refractivity contribution is 6.60. The van der Waals surface area contributed by atoms with Crippen molar-refractivity contribution >= 4 is 8.80 Å². The zero-order valence-corrected chi connectivity index (χ0v) is 19.0. The maximum atomic E-state index is 6.04. The van der Waals surface area contributed by atoms with E-state index in [1.807, 2.05) is 45.9 Å². The summed E-state index contributed by atoms with van der Waals surface area (Å²) >= 11 is 0. The Morgan fingerprint density at radius 1 is 1.04 bits per heavy atom. The van der Waals surface area contributed by atoms with Gasteiger partial charge in [0.15, 0.2) is 0 Å². The van der Waals surface area contributed by atoms with Crippen LogP contribution < -0.4 is 9.47 Å². The second kappa shape index (κ2) is 11.2. The zero-order chi connectivity index (χ0) is 20.5. The Bertz CT molecular complexity index is 579. The lowest BCUT2D eigenvalue weighted by Gasteiger charge is -2.35. The highest BCUT2D eigenvalue weighted by atomic mass is 28.4. The fourth-order valence-electron chi connectivity index (χ4n) is 3.41. The van der Waals surface area contributed by atoms with Crippen LogP contribution in [0.3, 0.4) is 0 Å². The van der Waals surface area contributed by atoms with E-state index in [9.17, 15) is 0 Å². The number of hydrogen-bond donors (Lipinski definition) is 0. The van der Waals surface area contributed by atoms with Crippen molar-refractivity contribution in [1.82, 2.24) is 0 Å². The van der Waals surface area contributed by atoms with Crippen LogP contribution in [0.2, 0.25) is 6.04 Å². The molecule has 2 rings (SSSR count). The third-order valence-electron chi connectivity index (χ3n) is 4.58. The Kier molecular flexibility index (Phi) is 9.23. The zero-order valence-electron chi connectivity index (χ0n) is 18.0. The van der Waals surface area contributed by atoms with Gasteiger partial charge in [-0.2, -0.15) is 0 Å². The average molecular weight is 413 g/mol. The maximum absolute atomic E-state index is 6.04. The maximum Gasteiger partial charge on any atom is 0.501 e. The van der Waals surface area contributed by atoms with Crippen LogP contribution in [0.25, 0.3) is 0 Å². The van der Waals surface area contributed by atoms with Crippen molar-refractivity contribution in [1.29, 1.82) is 0 Å². The summed E-state index contributed by atoms with van der Waals surface area (Å²) in [6.45, 7) is 12.9. The van der Waals surface area contributed by atoms with Gasteiger partial charge < -0.3 is 27.5 Å². The van der Waals surface area contributed by atoms with E-state index in [0.29, 0.717) is 33.0 Å². The van der Waals surface area contributed by atoms with Crippen molar-refractivity contribution in [3.8, 4) is 11.5 Å². The summed E-state index contributed by atoms with van der Waals surface area (Å²) < 4.78 is 35.6. The monoisotopic (exact) mass is 412 g/mol. The summed E-state index contributed by atoms with van der Waals surface area (Å²) in [6, 6.07) is 6.67. The molecular weight excluding hydrogens is 376 g/mol. The van der Waals surface area contributed by atoms with Gasteiger partial charge in [-0.25, -0.2) is 0 Å². The molecule has 28 heavy (non-hydrogen) atoms. The minimum absolute atomic E-state index is 0.532. The highest BCUT2D eigenvalue weighted by Crippen LogP contribution is 2.35.